The number of benzene rings is 2. The number of rotatable bonds is 6. The predicted octanol–water partition coefficient (Wildman–Crippen LogP) is 3.71. The van der Waals surface area contributed by atoms with Gasteiger partial charge in [-0.1, -0.05) is 42.5 Å². The fourth-order valence-corrected chi connectivity index (χ4v) is 2.24. The van der Waals surface area contributed by atoms with Crippen molar-refractivity contribution < 1.29 is 13.5 Å². The highest BCUT2D eigenvalue weighted by atomic mass is 19.3. The van der Waals surface area contributed by atoms with Crippen LogP contribution in [0.25, 0.3) is 0 Å². The second kappa shape index (κ2) is 8.86. The normalized spacial score (nSPS) is 12.8. The minimum atomic E-state index is -2.82. The van der Waals surface area contributed by atoms with Gasteiger partial charge in [0.1, 0.15) is 5.75 Å². The van der Waals surface area contributed by atoms with Crippen molar-refractivity contribution in [2.45, 2.75) is 26.1 Å². The van der Waals surface area contributed by atoms with Crippen LogP contribution in [0.15, 0.2) is 59.6 Å². The van der Waals surface area contributed by atoms with Crippen LogP contribution in [0, 0.1) is 0 Å². The van der Waals surface area contributed by atoms with Crippen LogP contribution in [0.1, 0.15) is 24.1 Å². The lowest BCUT2D eigenvalue weighted by molar-refractivity contribution is -0.0498. The SMILES string of the molecule is CN=C(NCc1cccc(OC(F)F)c1)NC(C)c1ccccc1. The fraction of sp³-hybridized carbons (Fsp3) is 0.278. The van der Waals surface area contributed by atoms with Gasteiger partial charge >= 0.3 is 6.61 Å². The van der Waals surface area contributed by atoms with Gasteiger partial charge in [-0.05, 0) is 30.2 Å². The lowest BCUT2D eigenvalue weighted by Gasteiger charge is -2.18. The number of hydrogen-bond acceptors (Lipinski definition) is 2. The first kappa shape index (κ1) is 17.7. The molecule has 1 atom stereocenters. The van der Waals surface area contributed by atoms with Crippen LogP contribution in [-0.4, -0.2) is 19.6 Å². The van der Waals surface area contributed by atoms with E-state index in [4.69, 9.17) is 0 Å². The van der Waals surface area contributed by atoms with Crippen LogP contribution in [0.2, 0.25) is 0 Å². The highest BCUT2D eigenvalue weighted by Gasteiger charge is 2.08. The van der Waals surface area contributed by atoms with Gasteiger partial charge in [-0.3, -0.25) is 4.99 Å². The van der Waals surface area contributed by atoms with Crippen LogP contribution in [0.4, 0.5) is 8.78 Å². The Bertz CT molecular complexity index is 662. The highest BCUT2D eigenvalue weighted by Crippen LogP contribution is 2.16. The molecule has 0 heterocycles. The third kappa shape index (κ3) is 5.53. The number of alkyl halides is 2. The van der Waals surface area contributed by atoms with Gasteiger partial charge in [-0.25, -0.2) is 0 Å². The van der Waals surface area contributed by atoms with E-state index in [1.807, 2.05) is 43.3 Å². The molecule has 0 bridgehead atoms. The highest BCUT2D eigenvalue weighted by molar-refractivity contribution is 5.80. The molecule has 6 heteroatoms. The van der Waals surface area contributed by atoms with Crippen LogP contribution in [0.3, 0.4) is 0 Å². The lowest BCUT2D eigenvalue weighted by atomic mass is 10.1. The molecule has 0 fully saturated rings. The van der Waals surface area contributed by atoms with Crippen LogP contribution in [0.5, 0.6) is 5.75 Å². The standard InChI is InChI=1S/C18H21F2N3O/c1-13(15-8-4-3-5-9-15)23-18(21-2)22-12-14-7-6-10-16(11-14)24-17(19)20/h3-11,13,17H,12H2,1-2H3,(H2,21,22,23). The monoisotopic (exact) mass is 333 g/mol. The first-order valence-electron chi connectivity index (χ1n) is 7.64. The molecule has 0 amide bonds. The topological polar surface area (TPSA) is 45.7 Å². The summed E-state index contributed by atoms with van der Waals surface area (Å²) < 4.78 is 28.9. The summed E-state index contributed by atoms with van der Waals surface area (Å²) in [5.41, 5.74) is 1.97. The zero-order chi connectivity index (χ0) is 17.4. The number of nitrogens with zero attached hydrogens (tertiary/aromatic N) is 1. The van der Waals surface area contributed by atoms with Crippen molar-refractivity contribution in [2.75, 3.05) is 7.05 Å². The first-order chi connectivity index (χ1) is 11.6. The number of guanidine groups is 1. The smallest absolute Gasteiger partial charge is 0.387 e. The van der Waals surface area contributed by atoms with Gasteiger partial charge in [-0.15, -0.1) is 0 Å². The zero-order valence-corrected chi connectivity index (χ0v) is 13.7. The Balaban J connectivity index is 1.92. The Morgan fingerprint density at radius 3 is 2.54 bits per heavy atom. The molecule has 0 aliphatic heterocycles. The molecule has 0 aliphatic carbocycles. The maximum atomic E-state index is 12.3. The van der Waals surface area contributed by atoms with E-state index in [9.17, 15) is 8.78 Å². The Morgan fingerprint density at radius 2 is 1.88 bits per heavy atom. The molecular weight excluding hydrogens is 312 g/mol. The van der Waals surface area contributed by atoms with E-state index in [-0.39, 0.29) is 11.8 Å². The van der Waals surface area contributed by atoms with Crippen LogP contribution >= 0.6 is 0 Å². The third-order valence-corrected chi connectivity index (χ3v) is 3.46. The summed E-state index contributed by atoms with van der Waals surface area (Å²) in [6.07, 6.45) is 0. The Morgan fingerprint density at radius 1 is 1.12 bits per heavy atom. The number of ether oxygens (including phenoxy) is 1. The second-order valence-electron chi connectivity index (χ2n) is 5.23. The largest absolute Gasteiger partial charge is 0.435 e. The molecule has 24 heavy (non-hydrogen) atoms. The molecular formula is C18H21F2N3O. The first-order valence-corrected chi connectivity index (χ1v) is 7.64. The molecule has 0 saturated heterocycles. The Labute approximate surface area is 140 Å². The third-order valence-electron chi connectivity index (χ3n) is 3.46. The second-order valence-corrected chi connectivity index (χ2v) is 5.23. The molecule has 0 radical (unpaired) electrons. The van der Waals surface area contributed by atoms with Crippen molar-refractivity contribution in [1.82, 2.24) is 10.6 Å². The molecule has 4 nitrogen and oxygen atoms in total. The Hall–Kier alpha value is -2.63. The zero-order valence-electron chi connectivity index (χ0n) is 13.7. The van der Waals surface area contributed by atoms with Gasteiger partial charge < -0.3 is 15.4 Å². The maximum Gasteiger partial charge on any atom is 0.387 e. The lowest BCUT2D eigenvalue weighted by Crippen LogP contribution is -2.38. The van der Waals surface area contributed by atoms with Crippen LogP contribution < -0.4 is 15.4 Å². The predicted molar refractivity (Wildman–Crippen MR) is 91.3 cm³/mol. The van der Waals surface area contributed by atoms with Crippen molar-refractivity contribution in [3.8, 4) is 5.75 Å². The summed E-state index contributed by atoms with van der Waals surface area (Å²) in [7, 11) is 1.68. The van der Waals surface area contributed by atoms with Crippen LogP contribution in [-0.2, 0) is 6.54 Å². The molecule has 2 aromatic rings. The van der Waals surface area contributed by atoms with Crippen molar-refractivity contribution >= 4 is 5.96 Å². The Kier molecular flexibility index (Phi) is 6.54. The van der Waals surface area contributed by atoms with Crippen molar-refractivity contribution in [2.24, 2.45) is 4.99 Å². The molecule has 0 aromatic heterocycles. The summed E-state index contributed by atoms with van der Waals surface area (Å²) in [5, 5.41) is 6.45. The van der Waals surface area contributed by atoms with Gasteiger partial charge in [0.15, 0.2) is 5.96 Å². The van der Waals surface area contributed by atoms with Crippen molar-refractivity contribution in [1.29, 1.82) is 0 Å². The molecule has 0 aliphatic rings. The molecule has 128 valence electrons. The van der Waals surface area contributed by atoms with Gasteiger partial charge in [0.2, 0.25) is 0 Å². The number of aliphatic imine (C=N–C) groups is 1. The summed E-state index contributed by atoms with van der Waals surface area (Å²) >= 11 is 0. The quantitative estimate of drug-likeness (QED) is 0.626. The summed E-state index contributed by atoms with van der Waals surface area (Å²) in [6, 6.07) is 16.7. The average molecular weight is 333 g/mol. The molecule has 0 spiro atoms. The molecule has 0 saturated carbocycles. The molecule has 2 rings (SSSR count). The van der Waals surface area contributed by atoms with E-state index in [1.165, 1.54) is 6.07 Å². The molecule has 1 unspecified atom stereocenters. The van der Waals surface area contributed by atoms with E-state index in [0.29, 0.717) is 12.5 Å². The van der Waals surface area contributed by atoms with Gasteiger partial charge in [-0.2, -0.15) is 8.78 Å². The number of nitrogens with one attached hydrogen (secondary N) is 2. The van der Waals surface area contributed by atoms with Gasteiger partial charge in [0, 0.05) is 13.6 Å². The van der Waals surface area contributed by atoms with E-state index < -0.39 is 6.61 Å². The summed E-state index contributed by atoms with van der Waals surface area (Å²) in [4.78, 5) is 4.18. The van der Waals surface area contributed by atoms with Gasteiger partial charge in [0.25, 0.3) is 0 Å². The van der Waals surface area contributed by atoms with Crippen molar-refractivity contribution in [3.63, 3.8) is 0 Å². The van der Waals surface area contributed by atoms with Crippen molar-refractivity contribution in [3.05, 3.63) is 65.7 Å². The average Bonchev–Trinajstić information content (AvgIpc) is 2.59. The maximum absolute atomic E-state index is 12.3. The number of halogens is 2. The molecule has 2 aromatic carbocycles. The summed E-state index contributed by atoms with van der Waals surface area (Å²) in [5.74, 6) is 0.774. The fourth-order valence-electron chi connectivity index (χ4n) is 2.24. The summed E-state index contributed by atoms with van der Waals surface area (Å²) in [6.45, 7) is -0.338. The van der Waals surface area contributed by atoms with E-state index in [2.05, 4.69) is 20.4 Å². The minimum absolute atomic E-state index is 0.0888. The molecule has 2 N–H and O–H groups in total. The van der Waals surface area contributed by atoms with E-state index >= 15 is 0 Å². The number of hydrogen-bond donors (Lipinski definition) is 2. The van der Waals surface area contributed by atoms with E-state index in [0.717, 1.165) is 11.1 Å². The minimum Gasteiger partial charge on any atom is -0.435 e. The van der Waals surface area contributed by atoms with Gasteiger partial charge in [0.05, 0.1) is 6.04 Å². The van der Waals surface area contributed by atoms with E-state index in [1.54, 1.807) is 19.2 Å².